The maximum atomic E-state index is 12.6. The molecule has 1 fully saturated rings. The van der Waals surface area contributed by atoms with Crippen LogP contribution in [0.5, 0.6) is 0 Å². The van der Waals surface area contributed by atoms with Gasteiger partial charge in [-0.05, 0) is 32.4 Å². The van der Waals surface area contributed by atoms with Crippen molar-refractivity contribution in [2.75, 3.05) is 31.6 Å². The number of hydrogen-bond acceptors (Lipinski definition) is 6. The van der Waals surface area contributed by atoms with Crippen LogP contribution in [0.15, 0.2) is 28.9 Å². The van der Waals surface area contributed by atoms with Crippen LogP contribution in [0.3, 0.4) is 0 Å². The second kappa shape index (κ2) is 6.24. The predicted molar refractivity (Wildman–Crippen MR) is 89.0 cm³/mol. The molecule has 0 aromatic carbocycles. The normalized spacial score (nSPS) is 20.4. The zero-order valence-electron chi connectivity index (χ0n) is 14.2. The van der Waals surface area contributed by atoms with Crippen LogP contribution in [0.25, 0.3) is 0 Å². The van der Waals surface area contributed by atoms with Crippen molar-refractivity contribution in [3.63, 3.8) is 0 Å². The smallest absolute Gasteiger partial charge is 0.259 e. The summed E-state index contributed by atoms with van der Waals surface area (Å²) < 4.78 is 5.06. The van der Waals surface area contributed by atoms with E-state index in [0.29, 0.717) is 36.5 Å². The van der Waals surface area contributed by atoms with E-state index >= 15 is 0 Å². The number of rotatable bonds is 4. The molecule has 128 valence electrons. The van der Waals surface area contributed by atoms with Crippen molar-refractivity contribution in [2.24, 2.45) is 0 Å². The van der Waals surface area contributed by atoms with Crippen LogP contribution in [0.1, 0.15) is 28.2 Å². The number of β-amino-alcohol motifs (C(OH)–C–C–N with tert-alkyl or cyclic N) is 1. The summed E-state index contributed by atoms with van der Waals surface area (Å²) in [4.78, 5) is 20.5. The van der Waals surface area contributed by atoms with Crippen LogP contribution >= 0.6 is 0 Å². The highest BCUT2D eigenvalue weighted by Crippen LogP contribution is 2.26. The van der Waals surface area contributed by atoms with E-state index in [0.717, 1.165) is 5.82 Å². The number of amides is 1. The number of aromatic nitrogens is 2. The molecule has 1 atom stereocenters. The van der Waals surface area contributed by atoms with E-state index in [1.54, 1.807) is 27.1 Å². The number of aliphatic hydroxyl groups is 1. The molecular weight excluding hydrogens is 308 g/mol. The lowest BCUT2D eigenvalue weighted by atomic mass is 10.0. The molecule has 0 radical (unpaired) electrons. The Morgan fingerprint density at radius 2 is 2.25 bits per heavy atom. The van der Waals surface area contributed by atoms with E-state index in [2.05, 4.69) is 10.1 Å². The first-order valence-corrected chi connectivity index (χ1v) is 7.96. The Balaban J connectivity index is 1.68. The molecule has 3 heterocycles. The van der Waals surface area contributed by atoms with E-state index in [4.69, 9.17) is 4.52 Å². The van der Waals surface area contributed by atoms with Crippen LogP contribution in [-0.4, -0.2) is 58.3 Å². The number of carbonyl (C=O) groups is 1. The lowest BCUT2D eigenvalue weighted by molar-refractivity contribution is 0.0263. The number of aryl methyl sites for hydroxylation is 2. The standard InChI is InChI=1S/C17H22N4O3/c1-12-15(13(2)24-19-12)16(22)20(3)10-17(23)7-9-21(11-17)14-6-4-5-8-18-14/h4-6,8,23H,7,9-11H2,1-3H3/t17-/m1/s1. The highest BCUT2D eigenvalue weighted by molar-refractivity contribution is 5.96. The van der Waals surface area contributed by atoms with Crippen LogP contribution in [0, 0.1) is 13.8 Å². The van der Waals surface area contributed by atoms with Crippen molar-refractivity contribution in [3.05, 3.63) is 41.4 Å². The van der Waals surface area contributed by atoms with Gasteiger partial charge >= 0.3 is 0 Å². The van der Waals surface area contributed by atoms with Gasteiger partial charge in [0.1, 0.15) is 22.7 Å². The largest absolute Gasteiger partial charge is 0.386 e. The lowest BCUT2D eigenvalue weighted by Crippen LogP contribution is -2.46. The molecule has 1 aliphatic rings. The first-order chi connectivity index (χ1) is 11.4. The van der Waals surface area contributed by atoms with Gasteiger partial charge < -0.3 is 19.4 Å². The average molecular weight is 330 g/mol. The predicted octanol–water partition coefficient (Wildman–Crippen LogP) is 1.40. The van der Waals surface area contributed by atoms with Crippen molar-refractivity contribution in [1.29, 1.82) is 0 Å². The number of likely N-dealkylation sites (N-methyl/N-ethyl adjacent to an activating group) is 1. The van der Waals surface area contributed by atoms with Gasteiger partial charge in [-0.2, -0.15) is 0 Å². The molecule has 2 aromatic rings. The van der Waals surface area contributed by atoms with Gasteiger partial charge in [0, 0.05) is 26.3 Å². The highest BCUT2D eigenvalue weighted by Gasteiger charge is 2.39. The number of anilines is 1. The van der Waals surface area contributed by atoms with Gasteiger partial charge in [0.25, 0.3) is 5.91 Å². The maximum absolute atomic E-state index is 12.6. The number of carbonyl (C=O) groups excluding carboxylic acids is 1. The quantitative estimate of drug-likeness (QED) is 0.912. The van der Waals surface area contributed by atoms with E-state index in [1.165, 1.54) is 4.90 Å². The minimum absolute atomic E-state index is 0.184. The monoisotopic (exact) mass is 330 g/mol. The first kappa shape index (κ1) is 16.4. The van der Waals surface area contributed by atoms with Crippen LogP contribution in [0.4, 0.5) is 5.82 Å². The van der Waals surface area contributed by atoms with E-state index in [1.807, 2.05) is 23.1 Å². The Morgan fingerprint density at radius 1 is 1.46 bits per heavy atom. The molecule has 0 spiro atoms. The molecule has 0 aliphatic carbocycles. The van der Waals surface area contributed by atoms with Crippen molar-refractivity contribution in [1.82, 2.24) is 15.0 Å². The van der Waals surface area contributed by atoms with Crippen LogP contribution in [0.2, 0.25) is 0 Å². The topological polar surface area (TPSA) is 82.7 Å². The third-order valence-electron chi connectivity index (χ3n) is 4.43. The Kier molecular flexibility index (Phi) is 4.28. The van der Waals surface area contributed by atoms with E-state index < -0.39 is 5.60 Å². The Hall–Kier alpha value is -2.41. The molecule has 7 heteroatoms. The molecule has 24 heavy (non-hydrogen) atoms. The molecule has 0 unspecified atom stereocenters. The summed E-state index contributed by atoms with van der Waals surface area (Å²) in [5, 5.41) is 14.7. The van der Waals surface area contributed by atoms with Gasteiger partial charge in [-0.15, -0.1) is 0 Å². The molecule has 1 aliphatic heterocycles. The number of nitrogens with zero attached hydrogens (tertiary/aromatic N) is 4. The summed E-state index contributed by atoms with van der Waals surface area (Å²) in [5.74, 6) is 1.15. The van der Waals surface area contributed by atoms with E-state index in [-0.39, 0.29) is 12.5 Å². The second-order valence-electron chi connectivity index (χ2n) is 6.44. The summed E-state index contributed by atoms with van der Waals surface area (Å²) in [7, 11) is 1.69. The zero-order chi connectivity index (χ0) is 17.3. The molecule has 0 saturated carbocycles. The van der Waals surface area contributed by atoms with Gasteiger partial charge in [0.15, 0.2) is 0 Å². The molecule has 0 bridgehead atoms. The molecule has 3 rings (SSSR count). The highest BCUT2D eigenvalue weighted by atomic mass is 16.5. The molecule has 7 nitrogen and oxygen atoms in total. The lowest BCUT2D eigenvalue weighted by Gasteiger charge is -2.29. The van der Waals surface area contributed by atoms with Gasteiger partial charge in [-0.25, -0.2) is 4.98 Å². The molecule has 1 amide bonds. The number of hydrogen-bond donors (Lipinski definition) is 1. The average Bonchev–Trinajstić information content (AvgIpc) is 3.10. The summed E-state index contributed by atoms with van der Waals surface area (Å²) in [6.45, 7) is 4.86. The van der Waals surface area contributed by atoms with Crippen LogP contribution in [-0.2, 0) is 0 Å². The van der Waals surface area contributed by atoms with Crippen molar-refractivity contribution >= 4 is 11.7 Å². The summed E-state index contributed by atoms with van der Waals surface area (Å²) in [5.41, 5.74) is 0.0829. The zero-order valence-corrected chi connectivity index (χ0v) is 14.2. The second-order valence-corrected chi connectivity index (χ2v) is 6.44. The van der Waals surface area contributed by atoms with Crippen molar-refractivity contribution in [3.8, 4) is 0 Å². The van der Waals surface area contributed by atoms with Gasteiger partial charge in [0.2, 0.25) is 0 Å². The van der Waals surface area contributed by atoms with Crippen LogP contribution < -0.4 is 4.90 Å². The molecule has 1 N–H and O–H groups in total. The SMILES string of the molecule is Cc1noc(C)c1C(=O)N(C)C[C@]1(O)CCN(c2ccccn2)C1. The van der Waals surface area contributed by atoms with Crippen molar-refractivity contribution in [2.45, 2.75) is 25.9 Å². The molecule has 2 aromatic heterocycles. The van der Waals surface area contributed by atoms with Gasteiger partial charge in [-0.1, -0.05) is 11.2 Å². The maximum Gasteiger partial charge on any atom is 0.259 e. The summed E-state index contributed by atoms with van der Waals surface area (Å²) in [6, 6.07) is 5.71. The molecule has 1 saturated heterocycles. The third kappa shape index (κ3) is 3.12. The van der Waals surface area contributed by atoms with E-state index in [9.17, 15) is 9.90 Å². The fraction of sp³-hybridized carbons (Fsp3) is 0.471. The Bertz CT molecular complexity index is 711. The fourth-order valence-corrected chi connectivity index (χ4v) is 3.21. The van der Waals surface area contributed by atoms with Gasteiger partial charge in [0.05, 0.1) is 12.2 Å². The van der Waals surface area contributed by atoms with Gasteiger partial charge in [-0.3, -0.25) is 4.79 Å². The summed E-state index contributed by atoms with van der Waals surface area (Å²) in [6.07, 6.45) is 2.32. The fourth-order valence-electron chi connectivity index (χ4n) is 3.21. The first-order valence-electron chi connectivity index (χ1n) is 7.96. The number of pyridine rings is 1. The van der Waals surface area contributed by atoms with Crippen molar-refractivity contribution < 1.29 is 14.4 Å². The Morgan fingerprint density at radius 3 is 2.88 bits per heavy atom. The minimum atomic E-state index is -0.957. The minimum Gasteiger partial charge on any atom is -0.386 e. The third-order valence-corrected chi connectivity index (χ3v) is 4.43. The molecular formula is C17H22N4O3. The Labute approximate surface area is 140 Å². The summed E-state index contributed by atoms with van der Waals surface area (Å²) >= 11 is 0.